The van der Waals surface area contributed by atoms with Gasteiger partial charge in [-0.25, -0.2) is 9.48 Å². The van der Waals surface area contributed by atoms with Crippen LogP contribution in [0, 0.1) is 6.92 Å². The van der Waals surface area contributed by atoms with Gasteiger partial charge < -0.3 is 4.74 Å². The van der Waals surface area contributed by atoms with Crippen molar-refractivity contribution in [3.63, 3.8) is 0 Å². The molecule has 0 unspecified atom stereocenters. The second-order valence-electron chi connectivity index (χ2n) is 4.26. The lowest BCUT2D eigenvalue weighted by Gasteiger charge is -2.05. The molecule has 0 aliphatic rings. The van der Waals surface area contributed by atoms with E-state index in [1.165, 1.54) is 0 Å². The number of ether oxygens (including phenoxy) is 1. The van der Waals surface area contributed by atoms with Gasteiger partial charge in [0.1, 0.15) is 0 Å². The predicted molar refractivity (Wildman–Crippen MR) is 68.4 cm³/mol. The molecule has 2 aromatic rings. The van der Waals surface area contributed by atoms with Gasteiger partial charge in [0.2, 0.25) is 0 Å². The molecule has 0 radical (unpaired) electrons. The molecule has 6 nitrogen and oxygen atoms in total. The first kappa shape index (κ1) is 13.2. The number of benzene rings is 1. The number of hydrogen-bond acceptors (Lipinski definition) is 5. The molecule has 0 aliphatic heterocycles. The summed E-state index contributed by atoms with van der Waals surface area (Å²) in [4.78, 5) is 11.8. The van der Waals surface area contributed by atoms with Crippen LogP contribution in [0.5, 0.6) is 0 Å². The molecule has 0 amide bonds. The molecule has 0 fully saturated rings. The number of esters is 1. The molecule has 0 saturated heterocycles. The Morgan fingerprint density at radius 1 is 1.32 bits per heavy atom. The Bertz CT molecular complexity index is 548. The Labute approximate surface area is 111 Å². The standard InChI is InChI=1S/C13H16N4O2/c1-3-8-17-12(14-15-16-17)9-19-13(18)11-6-4-10(2)5-7-11/h4-7H,3,8-9H2,1-2H3. The summed E-state index contributed by atoms with van der Waals surface area (Å²) in [5.74, 6) is 0.188. The summed E-state index contributed by atoms with van der Waals surface area (Å²) in [6.45, 7) is 4.79. The highest BCUT2D eigenvalue weighted by Gasteiger charge is 2.10. The van der Waals surface area contributed by atoms with Crippen LogP contribution in [-0.4, -0.2) is 26.2 Å². The van der Waals surface area contributed by atoms with Crippen molar-refractivity contribution in [3.8, 4) is 0 Å². The zero-order valence-electron chi connectivity index (χ0n) is 11.0. The van der Waals surface area contributed by atoms with Gasteiger partial charge in [0.25, 0.3) is 0 Å². The second kappa shape index (κ2) is 6.08. The molecule has 0 bridgehead atoms. The van der Waals surface area contributed by atoms with Crippen LogP contribution >= 0.6 is 0 Å². The van der Waals surface area contributed by atoms with Crippen molar-refractivity contribution in [1.29, 1.82) is 0 Å². The van der Waals surface area contributed by atoms with E-state index in [1.807, 2.05) is 26.0 Å². The maximum atomic E-state index is 11.8. The fraction of sp³-hybridized carbons (Fsp3) is 0.385. The Kier molecular flexibility index (Phi) is 4.22. The van der Waals surface area contributed by atoms with E-state index in [2.05, 4.69) is 15.5 Å². The fourth-order valence-electron chi connectivity index (χ4n) is 1.62. The van der Waals surface area contributed by atoms with E-state index in [9.17, 15) is 4.79 Å². The van der Waals surface area contributed by atoms with Crippen LogP contribution in [0.25, 0.3) is 0 Å². The predicted octanol–water partition coefficient (Wildman–Crippen LogP) is 1.75. The molecule has 1 aromatic carbocycles. The lowest BCUT2D eigenvalue weighted by molar-refractivity contribution is 0.0456. The van der Waals surface area contributed by atoms with Crippen LogP contribution in [-0.2, 0) is 17.9 Å². The van der Waals surface area contributed by atoms with Gasteiger partial charge in [-0.1, -0.05) is 24.6 Å². The summed E-state index contributed by atoms with van der Waals surface area (Å²) in [5, 5.41) is 11.2. The van der Waals surface area contributed by atoms with E-state index < -0.39 is 0 Å². The number of carbonyl (C=O) groups is 1. The van der Waals surface area contributed by atoms with Gasteiger partial charge >= 0.3 is 5.97 Å². The third-order valence-electron chi connectivity index (χ3n) is 2.66. The van der Waals surface area contributed by atoms with Crippen LogP contribution in [0.1, 0.15) is 35.1 Å². The highest BCUT2D eigenvalue weighted by atomic mass is 16.5. The SMILES string of the molecule is CCCn1nnnc1COC(=O)c1ccc(C)cc1. The number of nitrogens with zero attached hydrogens (tertiary/aromatic N) is 4. The maximum Gasteiger partial charge on any atom is 0.338 e. The van der Waals surface area contributed by atoms with Crippen molar-refractivity contribution < 1.29 is 9.53 Å². The van der Waals surface area contributed by atoms with Gasteiger partial charge in [0.15, 0.2) is 12.4 Å². The molecule has 0 aliphatic carbocycles. The first-order valence-electron chi connectivity index (χ1n) is 6.19. The van der Waals surface area contributed by atoms with E-state index in [4.69, 9.17) is 4.74 Å². The monoisotopic (exact) mass is 260 g/mol. The number of aryl methyl sites for hydroxylation is 2. The number of hydrogen-bond donors (Lipinski definition) is 0. The van der Waals surface area contributed by atoms with E-state index >= 15 is 0 Å². The van der Waals surface area contributed by atoms with Crippen molar-refractivity contribution in [3.05, 3.63) is 41.2 Å². The Morgan fingerprint density at radius 3 is 2.74 bits per heavy atom. The Morgan fingerprint density at radius 2 is 2.05 bits per heavy atom. The second-order valence-corrected chi connectivity index (χ2v) is 4.26. The Hall–Kier alpha value is -2.24. The molecule has 0 N–H and O–H groups in total. The number of rotatable bonds is 5. The zero-order chi connectivity index (χ0) is 13.7. The molecule has 0 spiro atoms. The number of aromatic nitrogens is 4. The van der Waals surface area contributed by atoms with Crippen LogP contribution < -0.4 is 0 Å². The van der Waals surface area contributed by atoms with Crippen molar-refractivity contribution in [2.24, 2.45) is 0 Å². The molecule has 1 aromatic heterocycles. The highest BCUT2D eigenvalue weighted by Crippen LogP contribution is 2.06. The topological polar surface area (TPSA) is 69.9 Å². The van der Waals surface area contributed by atoms with Crippen molar-refractivity contribution >= 4 is 5.97 Å². The minimum Gasteiger partial charge on any atom is -0.454 e. The van der Waals surface area contributed by atoms with Gasteiger partial charge in [-0.3, -0.25) is 0 Å². The molecular weight excluding hydrogens is 244 g/mol. The third-order valence-corrected chi connectivity index (χ3v) is 2.66. The van der Waals surface area contributed by atoms with Gasteiger partial charge in [0.05, 0.1) is 5.56 Å². The lowest BCUT2D eigenvalue weighted by Crippen LogP contribution is -2.11. The largest absolute Gasteiger partial charge is 0.454 e. The number of tetrazole rings is 1. The normalized spacial score (nSPS) is 10.4. The summed E-state index contributed by atoms with van der Waals surface area (Å²) in [5.41, 5.74) is 1.63. The van der Waals surface area contributed by atoms with Crippen molar-refractivity contribution in [2.75, 3.05) is 0 Å². The first-order chi connectivity index (χ1) is 9.20. The van der Waals surface area contributed by atoms with Crippen LogP contribution in [0.2, 0.25) is 0 Å². The highest BCUT2D eigenvalue weighted by molar-refractivity contribution is 5.89. The first-order valence-corrected chi connectivity index (χ1v) is 6.19. The summed E-state index contributed by atoms with van der Waals surface area (Å²) in [6.07, 6.45) is 0.921. The Balaban J connectivity index is 1.96. The van der Waals surface area contributed by atoms with E-state index in [0.717, 1.165) is 12.0 Å². The third kappa shape index (κ3) is 3.37. The summed E-state index contributed by atoms with van der Waals surface area (Å²) in [7, 11) is 0. The molecule has 100 valence electrons. The molecule has 0 saturated carbocycles. The summed E-state index contributed by atoms with van der Waals surface area (Å²) in [6, 6.07) is 7.23. The lowest BCUT2D eigenvalue weighted by atomic mass is 10.1. The molecule has 6 heteroatoms. The average molecular weight is 260 g/mol. The van der Waals surface area contributed by atoms with Gasteiger partial charge in [-0.2, -0.15) is 0 Å². The maximum absolute atomic E-state index is 11.8. The molecule has 1 heterocycles. The summed E-state index contributed by atoms with van der Waals surface area (Å²) >= 11 is 0. The molecule has 2 rings (SSSR count). The van der Waals surface area contributed by atoms with Crippen LogP contribution in [0.3, 0.4) is 0 Å². The van der Waals surface area contributed by atoms with E-state index in [-0.39, 0.29) is 12.6 Å². The average Bonchev–Trinajstić information content (AvgIpc) is 2.85. The van der Waals surface area contributed by atoms with Gasteiger partial charge in [0, 0.05) is 6.54 Å². The van der Waals surface area contributed by atoms with Crippen molar-refractivity contribution in [2.45, 2.75) is 33.4 Å². The van der Waals surface area contributed by atoms with E-state index in [1.54, 1.807) is 16.8 Å². The molecule has 0 atom stereocenters. The minimum absolute atomic E-state index is 0.0830. The zero-order valence-corrected chi connectivity index (χ0v) is 11.0. The fourth-order valence-corrected chi connectivity index (χ4v) is 1.62. The molecule has 19 heavy (non-hydrogen) atoms. The summed E-state index contributed by atoms with van der Waals surface area (Å²) < 4.78 is 6.84. The smallest absolute Gasteiger partial charge is 0.338 e. The quantitative estimate of drug-likeness (QED) is 0.766. The van der Waals surface area contributed by atoms with Gasteiger partial charge in [-0.15, -0.1) is 5.10 Å². The molecular formula is C13H16N4O2. The van der Waals surface area contributed by atoms with Crippen LogP contribution in [0.15, 0.2) is 24.3 Å². The van der Waals surface area contributed by atoms with Crippen molar-refractivity contribution in [1.82, 2.24) is 20.2 Å². The minimum atomic E-state index is -0.369. The number of carbonyl (C=O) groups excluding carboxylic acids is 1. The van der Waals surface area contributed by atoms with Crippen LogP contribution in [0.4, 0.5) is 0 Å². The van der Waals surface area contributed by atoms with E-state index in [0.29, 0.717) is 17.9 Å². The van der Waals surface area contributed by atoms with Gasteiger partial charge in [-0.05, 0) is 35.9 Å².